The Morgan fingerprint density at radius 1 is 1.06 bits per heavy atom. The van der Waals surface area contributed by atoms with E-state index in [4.69, 9.17) is 4.42 Å². The molecule has 180 valence electrons. The molecule has 3 aromatic rings. The maximum atomic E-state index is 12.8. The molecule has 0 radical (unpaired) electrons. The number of hydrogen-bond donors (Lipinski definition) is 3. The van der Waals surface area contributed by atoms with Gasteiger partial charge < -0.3 is 20.2 Å². The molecule has 0 saturated heterocycles. The van der Waals surface area contributed by atoms with E-state index >= 15 is 0 Å². The molecule has 1 atom stereocenters. The van der Waals surface area contributed by atoms with Gasteiger partial charge >= 0.3 is 5.97 Å². The van der Waals surface area contributed by atoms with E-state index in [2.05, 4.69) is 28.8 Å². The first-order valence-electron chi connectivity index (χ1n) is 11.1. The van der Waals surface area contributed by atoms with Crippen molar-refractivity contribution in [3.05, 3.63) is 120 Å². The van der Waals surface area contributed by atoms with Crippen LogP contribution in [0.25, 0.3) is 5.57 Å². The first-order valence-corrected chi connectivity index (χ1v) is 11.1. The second-order valence-corrected chi connectivity index (χ2v) is 8.31. The molecular formula is C28H29N3O4. The van der Waals surface area contributed by atoms with Crippen molar-refractivity contribution in [2.45, 2.75) is 32.7 Å². The Labute approximate surface area is 204 Å². The fourth-order valence-corrected chi connectivity index (χ4v) is 3.60. The average Bonchev–Trinajstić information content (AvgIpc) is 3.27. The first-order chi connectivity index (χ1) is 16.7. The molecule has 0 unspecified atom stereocenters. The second kappa shape index (κ2) is 11.7. The summed E-state index contributed by atoms with van der Waals surface area (Å²) in [7, 11) is 0. The van der Waals surface area contributed by atoms with Gasteiger partial charge in [0.1, 0.15) is 11.8 Å². The molecule has 0 aliphatic carbocycles. The molecule has 2 aromatic carbocycles. The fourth-order valence-electron chi connectivity index (χ4n) is 3.60. The number of carbonyl (C=O) groups excluding carboxylic acids is 1. The van der Waals surface area contributed by atoms with Crippen LogP contribution in [0.4, 0.5) is 0 Å². The van der Waals surface area contributed by atoms with Crippen molar-refractivity contribution in [3.63, 3.8) is 0 Å². The lowest BCUT2D eigenvalue weighted by Gasteiger charge is -2.14. The number of aromatic nitrogens is 1. The van der Waals surface area contributed by atoms with Gasteiger partial charge in [-0.25, -0.2) is 9.78 Å². The molecule has 0 bridgehead atoms. The van der Waals surface area contributed by atoms with Crippen molar-refractivity contribution in [1.29, 1.82) is 0 Å². The summed E-state index contributed by atoms with van der Waals surface area (Å²) in [5.74, 6) is -1.35. The topological polar surface area (TPSA) is 104 Å². The van der Waals surface area contributed by atoms with Gasteiger partial charge in [0, 0.05) is 24.2 Å². The molecular weight excluding hydrogens is 442 g/mol. The quantitative estimate of drug-likeness (QED) is 0.349. The number of carboxylic acid groups (broad SMARTS) is 1. The third-order valence-corrected chi connectivity index (χ3v) is 5.23. The van der Waals surface area contributed by atoms with E-state index in [0.717, 1.165) is 33.7 Å². The van der Waals surface area contributed by atoms with Crippen LogP contribution in [-0.2, 0) is 17.6 Å². The van der Waals surface area contributed by atoms with Crippen LogP contribution < -0.4 is 10.6 Å². The van der Waals surface area contributed by atoms with Crippen molar-refractivity contribution < 1.29 is 19.1 Å². The highest BCUT2D eigenvalue weighted by molar-refractivity contribution is 5.95. The lowest BCUT2D eigenvalue weighted by Crippen LogP contribution is -2.42. The van der Waals surface area contributed by atoms with Crippen molar-refractivity contribution in [2.75, 3.05) is 0 Å². The van der Waals surface area contributed by atoms with E-state index in [-0.39, 0.29) is 12.1 Å². The monoisotopic (exact) mass is 471 g/mol. The fraction of sp³-hybridized carbons (Fsp3) is 0.179. The van der Waals surface area contributed by atoms with E-state index in [1.54, 1.807) is 0 Å². The summed E-state index contributed by atoms with van der Waals surface area (Å²) in [5.41, 5.74) is 5.38. The van der Waals surface area contributed by atoms with Crippen molar-refractivity contribution in [1.82, 2.24) is 15.6 Å². The maximum absolute atomic E-state index is 12.8. The molecule has 3 N–H and O–H groups in total. The molecule has 3 rings (SSSR count). The second-order valence-electron chi connectivity index (χ2n) is 8.31. The third kappa shape index (κ3) is 7.30. The highest BCUT2D eigenvalue weighted by Gasteiger charge is 2.24. The highest BCUT2D eigenvalue weighted by atomic mass is 16.4. The van der Waals surface area contributed by atoms with Crippen LogP contribution in [0.2, 0.25) is 0 Å². The summed E-state index contributed by atoms with van der Waals surface area (Å²) in [6, 6.07) is 15.8. The van der Waals surface area contributed by atoms with Gasteiger partial charge in [-0.3, -0.25) is 4.79 Å². The number of carboxylic acids is 1. The van der Waals surface area contributed by atoms with Crippen LogP contribution in [0.3, 0.4) is 0 Å². The SMILES string of the molecule is C=C(C)N/C(C)=C/C(=C)c1ccc(Cc2ocnc2C(=O)N[C@@H](Cc2ccccc2)C(=O)O)cc1. The standard InChI is InChI=1S/C28H29N3O4/c1-18(2)30-20(4)14-19(3)23-12-10-22(11-13-23)16-25-26(29-17-35-25)27(32)31-24(28(33)34)15-21-8-6-5-7-9-21/h5-14,17,24,30H,1,3,15-16H2,2,4H3,(H,31,32)(H,33,34)/b20-14+/t24-/m0/s1. The van der Waals surface area contributed by atoms with Gasteiger partial charge in [0.05, 0.1) is 0 Å². The first kappa shape index (κ1) is 25.2. The van der Waals surface area contributed by atoms with Gasteiger partial charge in [0.2, 0.25) is 0 Å². The molecule has 0 aliphatic heterocycles. The normalized spacial score (nSPS) is 12.0. The number of rotatable bonds is 11. The lowest BCUT2D eigenvalue weighted by molar-refractivity contribution is -0.139. The summed E-state index contributed by atoms with van der Waals surface area (Å²) >= 11 is 0. The number of benzene rings is 2. The van der Waals surface area contributed by atoms with Crippen LogP contribution in [0.1, 0.15) is 46.8 Å². The Bertz CT molecular complexity index is 1240. The summed E-state index contributed by atoms with van der Waals surface area (Å²) in [6.45, 7) is 11.8. The Morgan fingerprint density at radius 3 is 2.37 bits per heavy atom. The van der Waals surface area contributed by atoms with Gasteiger partial charge in [-0.15, -0.1) is 0 Å². The van der Waals surface area contributed by atoms with E-state index in [0.29, 0.717) is 12.2 Å². The molecule has 7 heteroatoms. The van der Waals surface area contributed by atoms with E-state index in [1.807, 2.05) is 74.5 Å². The number of nitrogens with zero attached hydrogens (tertiary/aromatic N) is 1. The average molecular weight is 472 g/mol. The molecule has 0 fully saturated rings. The van der Waals surface area contributed by atoms with E-state index in [9.17, 15) is 14.7 Å². The number of hydrogen-bond acceptors (Lipinski definition) is 5. The Balaban J connectivity index is 1.67. The summed E-state index contributed by atoms with van der Waals surface area (Å²) < 4.78 is 5.45. The smallest absolute Gasteiger partial charge is 0.326 e. The van der Waals surface area contributed by atoms with Gasteiger partial charge in [0.25, 0.3) is 5.91 Å². The number of oxazole rings is 1. The van der Waals surface area contributed by atoms with Crippen LogP contribution in [0, 0.1) is 0 Å². The molecule has 35 heavy (non-hydrogen) atoms. The molecule has 0 aliphatic rings. The maximum Gasteiger partial charge on any atom is 0.326 e. The summed E-state index contributed by atoms with van der Waals surface area (Å²) in [5, 5.41) is 15.3. The van der Waals surface area contributed by atoms with Crippen LogP contribution in [-0.4, -0.2) is 28.0 Å². The van der Waals surface area contributed by atoms with Crippen molar-refractivity contribution >= 4 is 17.4 Å². The predicted molar refractivity (Wildman–Crippen MR) is 136 cm³/mol. The van der Waals surface area contributed by atoms with Crippen LogP contribution >= 0.6 is 0 Å². The minimum Gasteiger partial charge on any atom is -0.480 e. The van der Waals surface area contributed by atoms with Gasteiger partial charge in [-0.05, 0) is 42.2 Å². The number of carbonyl (C=O) groups is 2. The number of allylic oxidation sites excluding steroid dienone is 4. The lowest BCUT2D eigenvalue weighted by atomic mass is 10.0. The zero-order valence-electron chi connectivity index (χ0n) is 19.9. The minimum atomic E-state index is -1.12. The minimum absolute atomic E-state index is 0.0715. The van der Waals surface area contributed by atoms with Crippen LogP contribution in [0.5, 0.6) is 0 Å². The van der Waals surface area contributed by atoms with Crippen LogP contribution in [0.15, 0.2) is 96.0 Å². The summed E-state index contributed by atoms with van der Waals surface area (Å²) in [4.78, 5) is 28.6. The molecule has 0 spiro atoms. The van der Waals surface area contributed by atoms with Gasteiger partial charge in [0.15, 0.2) is 12.1 Å². The van der Waals surface area contributed by atoms with Gasteiger partial charge in [-0.2, -0.15) is 0 Å². The highest BCUT2D eigenvalue weighted by Crippen LogP contribution is 2.19. The Morgan fingerprint density at radius 2 is 1.74 bits per heavy atom. The zero-order chi connectivity index (χ0) is 25.4. The molecule has 1 aromatic heterocycles. The van der Waals surface area contributed by atoms with E-state index in [1.165, 1.54) is 6.39 Å². The summed E-state index contributed by atoms with van der Waals surface area (Å²) in [6.07, 6.45) is 3.63. The number of aliphatic carboxylic acids is 1. The predicted octanol–water partition coefficient (Wildman–Crippen LogP) is 4.73. The van der Waals surface area contributed by atoms with Crippen molar-refractivity contribution in [3.8, 4) is 0 Å². The van der Waals surface area contributed by atoms with E-state index < -0.39 is 17.9 Å². The molecule has 1 heterocycles. The Kier molecular flexibility index (Phi) is 8.40. The number of amides is 1. The third-order valence-electron chi connectivity index (χ3n) is 5.23. The molecule has 0 saturated carbocycles. The van der Waals surface area contributed by atoms with Gasteiger partial charge in [-0.1, -0.05) is 67.8 Å². The largest absolute Gasteiger partial charge is 0.480 e. The Hall–Kier alpha value is -4.39. The number of nitrogens with one attached hydrogen (secondary N) is 2. The molecule has 7 nitrogen and oxygen atoms in total. The zero-order valence-corrected chi connectivity index (χ0v) is 19.9. The van der Waals surface area contributed by atoms with Crippen molar-refractivity contribution in [2.24, 2.45) is 0 Å². The molecule has 1 amide bonds.